The Morgan fingerprint density at radius 1 is 1.47 bits per heavy atom. The quantitative estimate of drug-likeness (QED) is 0.719. The van der Waals surface area contributed by atoms with Crippen LogP contribution in [-0.2, 0) is 9.53 Å². The number of fused-ring (bicyclic) bond motifs is 2. The third-order valence-corrected chi connectivity index (χ3v) is 3.94. The molecule has 3 nitrogen and oxygen atoms in total. The van der Waals surface area contributed by atoms with E-state index in [0.717, 1.165) is 11.8 Å². The lowest BCUT2D eigenvalue weighted by Crippen LogP contribution is -2.41. The molecule has 1 N–H and O–H groups in total. The van der Waals surface area contributed by atoms with Crippen LogP contribution < -0.4 is 5.32 Å². The minimum atomic E-state index is -0.113. The maximum Gasteiger partial charge on any atom is 0.307 e. The number of esters is 1. The first kappa shape index (κ1) is 10.9. The first-order valence-corrected chi connectivity index (χ1v) is 6.02. The van der Waals surface area contributed by atoms with Crippen molar-refractivity contribution in [1.82, 2.24) is 5.32 Å². The largest absolute Gasteiger partial charge is 0.469 e. The smallest absolute Gasteiger partial charge is 0.307 e. The molecule has 4 unspecified atom stereocenters. The Balaban J connectivity index is 1.75. The average Bonchev–Trinajstić information content (AvgIpc) is 2.78. The second-order valence-electron chi connectivity index (χ2n) is 5.13. The number of carbonyl (C=O) groups is 1. The second kappa shape index (κ2) is 4.52. The Hall–Kier alpha value is -0.570. The molecule has 0 spiro atoms. The van der Waals surface area contributed by atoms with E-state index in [1.807, 2.05) is 0 Å². The van der Waals surface area contributed by atoms with Crippen molar-refractivity contribution in [2.75, 3.05) is 7.11 Å². The van der Waals surface area contributed by atoms with Gasteiger partial charge in [-0.1, -0.05) is 6.42 Å². The monoisotopic (exact) mass is 211 g/mol. The third-order valence-electron chi connectivity index (χ3n) is 3.94. The van der Waals surface area contributed by atoms with Crippen molar-refractivity contribution in [3.63, 3.8) is 0 Å². The summed E-state index contributed by atoms with van der Waals surface area (Å²) in [5.41, 5.74) is 0. The maximum absolute atomic E-state index is 11.1. The SMILES string of the molecule is COC(=O)CC(C)NC1CC2CCC1C2. The normalized spacial score (nSPS) is 35.5. The van der Waals surface area contributed by atoms with Gasteiger partial charge in [0.1, 0.15) is 0 Å². The van der Waals surface area contributed by atoms with E-state index in [0.29, 0.717) is 12.5 Å². The predicted octanol–water partition coefficient (Wildman–Crippen LogP) is 1.72. The van der Waals surface area contributed by atoms with Crippen LogP contribution in [0.5, 0.6) is 0 Å². The summed E-state index contributed by atoms with van der Waals surface area (Å²) in [6, 6.07) is 0.908. The summed E-state index contributed by atoms with van der Waals surface area (Å²) < 4.78 is 4.67. The van der Waals surface area contributed by atoms with E-state index in [4.69, 9.17) is 0 Å². The number of carbonyl (C=O) groups excluding carboxylic acids is 1. The first-order chi connectivity index (χ1) is 7.19. The zero-order chi connectivity index (χ0) is 10.8. The summed E-state index contributed by atoms with van der Waals surface area (Å²) in [6.07, 6.45) is 6.02. The molecule has 0 aromatic carbocycles. The number of methoxy groups -OCH3 is 1. The highest BCUT2D eigenvalue weighted by atomic mass is 16.5. The summed E-state index contributed by atoms with van der Waals surface area (Å²) in [4.78, 5) is 11.1. The van der Waals surface area contributed by atoms with Gasteiger partial charge < -0.3 is 10.1 Å². The van der Waals surface area contributed by atoms with Gasteiger partial charge in [-0.25, -0.2) is 0 Å². The predicted molar refractivity (Wildman–Crippen MR) is 58.5 cm³/mol. The van der Waals surface area contributed by atoms with Crippen LogP contribution in [0.15, 0.2) is 0 Å². The van der Waals surface area contributed by atoms with Crippen LogP contribution in [0.25, 0.3) is 0 Å². The molecule has 3 heteroatoms. The van der Waals surface area contributed by atoms with E-state index in [1.165, 1.54) is 32.8 Å². The highest BCUT2D eigenvalue weighted by Crippen LogP contribution is 2.44. The average molecular weight is 211 g/mol. The summed E-state index contributed by atoms with van der Waals surface area (Å²) in [5.74, 6) is 1.71. The minimum Gasteiger partial charge on any atom is -0.469 e. The van der Waals surface area contributed by atoms with E-state index in [2.05, 4.69) is 17.0 Å². The lowest BCUT2D eigenvalue weighted by Gasteiger charge is -2.26. The standard InChI is InChI=1S/C12H21NO2/c1-8(5-12(14)15-2)13-11-7-9-3-4-10(11)6-9/h8-11,13H,3-7H2,1-2H3. The molecule has 0 heterocycles. The van der Waals surface area contributed by atoms with Crippen LogP contribution >= 0.6 is 0 Å². The van der Waals surface area contributed by atoms with E-state index in [-0.39, 0.29) is 12.0 Å². The van der Waals surface area contributed by atoms with Crippen LogP contribution in [0.3, 0.4) is 0 Å². The minimum absolute atomic E-state index is 0.113. The Kier molecular flexibility index (Phi) is 3.29. The van der Waals surface area contributed by atoms with Crippen LogP contribution in [0.2, 0.25) is 0 Å². The van der Waals surface area contributed by atoms with Crippen molar-refractivity contribution < 1.29 is 9.53 Å². The first-order valence-electron chi connectivity index (χ1n) is 6.02. The molecule has 2 saturated carbocycles. The van der Waals surface area contributed by atoms with E-state index in [1.54, 1.807) is 0 Å². The fourth-order valence-electron chi connectivity index (χ4n) is 3.21. The van der Waals surface area contributed by atoms with Crippen LogP contribution in [0.1, 0.15) is 39.0 Å². The molecule has 0 aromatic heterocycles. The van der Waals surface area contributed by atoms with Crippen molar-refractivity contribution in [3.8, 4) is 0 Å². The molecule has 0 aromatic rings. The molecular weight excluding hydrogens is 190 g/mol. The van der Waals surface area contributed by atoms with Crippen molar-refractivity contribution in [2.24, 2.45) is 11.8 Å². The van der Waals surface area contributed by atoms with Crippen LogP contribution in [0.4, 0.5) is 0 Å². The fraction of sp³-hybridized carbons (Fsp3) is 0.917. The molecule has 2 aliphatic rings. The molecule has 2 rings (SSSR count). The molecule has 2 fully saturated rings. The van der Waals surface area contributed by atoms with Gasteiger partial charge in [-0.3, -0.25) is 4.79 Å². The van der Waals surface area contributed by atoms with E-state index < -0.39 is 0 Å². The van der Waals surface area contributed by atoms with Gasteiger partial charge in [-0.05, 0) is 38.0 Å². The summed E-state index contributed by atoms with van der Waals surface area (Å²) in [5, 5.41) is 3.57. The van der Waals surface area contributed by atoms with Gasteiger partial charge in [-0.2, -0.15) is 0 Å². The number of hydrogen-bond acceptors (Lipinski definition) is 3. The van der Waals surface area contributed by atoms with Crippen molar-refractivity contribution >= 4 is 5.97 Å². The van der Waals surface area contributed by atoms with Crippen LogP contribution in [0, 0.1) is 11.8 Å². The summed E-state index contributed by atoms with van der Waals surface area (Å²) in [6.45, 7) is 2.07. The van der Waals surface area contributed by atoms with Gasteiger partial charge in [0.05, 0.1) is 13.5 Å². The lowest BCUT2D eigenvalue weighted by atomic mass is 9.94. The maximum atomic E-state index is 11.1. The zero-order valence-corrected chi connectivity index (χ0v) is 9.66. The van der Waals surface area contributed by atoms with Gasteiger partial charge in [0, 0.05) is 12.1 Å². The molecule has 15 heavy (non-hydrogen) atoms. The Labute approximate surface area is 91.6 Å². The number of ether oxygens (including phenoxy) is 1. The topological polar surface area (TPSA) is 38.3 Å². The highest BCUT2D eigenvalue weighted by Gasteiger charge is 2.39. The Bertz CT molecular complexity index is 242. The Morgan fingerprint density at radius 3 is 2.80 bits per heavy atom. The molecule has 0 saturated heterocycles. The van der Waals surface area contributed by atoms with Gasteiger partial charge in [0.2, 0.25) is 0 Å². The van der Waals surface area contributed by atoms with Crippen LogP contribution in [-0.4, -0.2) is 25.2 Å². The number of hydrogen-bond donors (Lipinski definition) is 1. The summed E-state index contributed by atoms with van der Waals surface area (Å²) >= 11 is 0. The van der Waals surface area contributed by atoms with Gasteiger partial charge in [0.25, 0.3) is 0 Å². The van der Waals surface area contributed by atoms with E-state index in [9.17, 15) is 4.79 Å². The lowest BCUT2D eigenvalue weighted by molar-refractivity contribution is -0.141. The molecule has 2 bridgehead atoms. The van der Waals surface area contributed by atoms with Gasteiger partial charge in [-0.15, -0.1) is 0 Å². The highest BCUT2D eigenvalue weighted by molar-refractivity contribution is 5.69. The van der Waals surface area contributed by atoms with Crippen molar-refractivity contribution in [2.45, 2.75) is 51.1 Å². The molecule has 4 atom stereocenters. The van der Waals surface area contributed by atoms with Gasteiger partial charge in [0.15, 0.2) is 0 Å². The molecular formula is C12H21NO2. The van der Waals surface area contributed by atoms with Crippen molar-refractivity contribution in [3.05, 3.63) is 0 Å². The number of rotatable bonds is 4. The third kappa shape index (κ3) is 2.51. The second-order valence-corrected chi connectivity index (χ2v) is 5.13. The Morgan fingerprint density at radius 2 is 2.27 bits per heavy atom. The zero-order valence-electron chi connectivity index (χ0n) is 9.66. The van der Waals surface area contributed by atoms with E-state index >= 15 is 0 Å². The molecule has 2 aliphatic carbocycles. The number of nitrogens with one attached hydrogen (secondary N) is 1. The van der Waals surface area contributed by atoms with Gasteiger partial charge >= 0.3 is 5.97 Å². The molecule has 0 amide bonds. The summed E-state index contributed by atoms with van der Waals surface area (Å²) in [7, 11) is 1.45. The molecule has 86 valence electrons. The van der Waals surface area contributed by atoms with Crippen molar-refractivity contribution in [1.29, 1.82) is 0 Å². The molecule has 0 aliphatic heterocycles. The molecule has 0 radical (unpaired) electrons. The fourth-order valence-corrected chi connectivity index (χ4v) is 3.21.